The van der Waals surface area contributed by atoms with Crippen molar-refractivity contribution in [1.82, 2.24) is 20.2 Å². The normalized spacial score (nSPS) is 10.9. The number of nitrogens with zero attached hydrogens (tertiary/aromatic N) is 4. The smallest absolute Gasteiger partial charge is 0.250 e. The van der Waals surface area contributed by atoms with E-state index in [0.717, 1.165) is 21.4 Å². The molecule has 0 atom stereocenters. The van der Waals surface area contributed by atoms with Crippen LogP contribution in [0.3, 0.4) is 0 Å². The lowest BCUT2D eigenvalue weighted by Crippen LogP contribution is -2.19. The molecule has 1 N–H and O–H groups in total. The lowest BCUT2D eigenvalue weighted by atomic mass is 10.2. The Hall–Kier alpha value is -2.85. The fourth-order valence-electron chi connectivity index (χ4n) is 2.57. The van der Waals surface area contributed by atoms with E-state index in [2.05, 4.69) is 36.7 Å². The van der Waals surface area contributed by atoms with E-state index < -0.39 is 0 Å². The number of amides is 1. The molecule has 1 amide bonds. The number of methoxy groups -OCH3 is 2. The maximum Gasteiger partial charge on any atom is 0.250 e. The highest BCUT2D eigenvalue weighted by atomic mass is 79.9. The highest BCUT2D eigenvalue weighted by Crippen LogP contribution is 2.27. The fraction of sp³-hybridized carbons (Fsp3) is 0.200. The van der Waals surface area contributed by atoms with Crippen molar-refractivity contribution < 1.29 is 14.3 Å². The van der Waals surface area contributed by atoms with Gasteiger partial charge in [0.15, 0.2) is 22.5 Å². The Bertz CT molecular complexity index is 1050. The van der Waals surface area contributed by atoms with Crippen LogP contribution >= 0.6 is 27.7 Å². The highest BCUT2D eigenvalue weighted by molar-refractivity contribution is 9.10. The van der Waals surface area contributed by atoms with Gasteiger partial charge in [0.25, 0.3) is 5.91 Å². The number of carbonyl (C=O) groups excluding carboxylic acids is 1. The van der Waals surface area contributed by atoms with E-state index in [4.69, 9.17) is 9.47 Å². The Labute approximate surface area is 186 Å². The predicted molar refractivity (Wildman–Crippen MR) is 120 cm³/mol. The van der Waals surface area contributed by atoms with Crippen molar-refractivity contribution in [2.24, 2.45) is 12.1 Å². The van der Waals surface area contributed by atoms with Crippen molar-refractivity contribution in [2.75, 3.05) is 20.0 Å². The maximum atomic E-state index is 12.1. The number of nitrogens with one attached hydrogen (secondary N) is 1. The standard InChI is InChI=1S/C20H20BrN5O3S/c1-26-19(14-5-7-15(21)8-6-14)24-25-20(26)30-12-18(27)23-22-11-13-4-9-16(28-2)17(10-13)29-3/h4-11H,12H2,1-3H3,(H,23,27)/b22-11+. The molecule has 8 nitrogen and oxygen atoms in total. The van der Waals surface area contributed by atoms with Gasteiger partial charge in [-0.15, -0.1) is 10.2 Å². The summed E-state index contributed by atoms with van der Waals surface area (Å²) in [5.74, 6) is 1.87. The number of thioether (sulfide) groups is 1. The molecule has 0 saturated heterocycles. The van der Waals surface area contributed by atoms with Gasteiger partial charge in [-0.25, -0.2) is 5.43 Å². The van der Waals surface area contributed by atoms with Crippen molar-refractivity contribution >= 4 is 39.8 Å². The van der Waals surface area contributed by atoms with Crippen LogP contribution < -0.4 is 14.9 Å². The topological polar surface area (TPSA) is 90.6 Å². The number of benzene rings is 2. The summed E-state index contributed by atoms with van der Waals surface area (Å²) < 4.78 is 13.3. The number of halogens is 1. The highest BCUT2D eigenvalue weighted by Gasteiger charge is 2.12. The molecule has 0 unspecified atom stereocenters. The second-order valence-corrected chi connectivity index (χ2v) is 7.93. The van der Waals surface area contributed by atoms with Crippen molar-refractivity contribution in [3.8, 4) is 22.9 Å². The number of carbonyl (C=O) groups is 1. The summed E-state index contributed by atoms with van der Waals surface area (Å²) in [6.45, 7) is 0. The monoisotopic (exact) mass is 489 g/mol. The lowest BCUT2D eigenvalue weighted by Gasteiger charge is -2.07. The number of aromatic nitrogens is 3. The zero-order valence-corrected chi connectivity index (χ0v) is 19.0. The molecule has 1 heterocycles. The van der Waals surface area contributed by atoms with Crippen molar-refractivity contribution in [1.29, 1.82) is 0 Å². The maximum absolute atomic E-state index is 12.1. The number of hydrogen-bond acceptors (Lipinski definition) is 7. The Balaban J connectivity index is 1.55. The SMILES string of the molecule is COc1ccc(/C=N/NC(=O)CSc2nnc(-c3ccc(Br)cc3)n2C)cc1OC. The molecular formula is C20H20BrN5O3S. The summed E-state index contributed by atoms with van der Waals surface area (Å²) in [6, 6.07) is 13.2. The molecule has 0 saturated carbocycles. The molecule has 2 aromatic carbocycles. The fourth-order valence-corrected chi connectivity index (χ4v) is 3.53. The van der Waals surface area contributed by atoms with Gasteiger partial charge in [-0.3, -0.25) is 4.79 Å². The van der Waals surface area contributed by atoms with Crippen LogP contribution in [-0.4, -0.2) is 46.9 Å². The largest absolute Gasteiger partial charge is 0.493 e. The molecule has 0 fully saturated rings. The van der Waals surface area contributed by atoms with Crippen LogP contribution in [0.4, 0.5) is 0 Å². The Morgan fingerprint density at radius 1 is 1.17 bits per heavy atom. The van der Waals surface area contributed by atoms with E-state index in [9.17, 15) is 4.79 Å². The zero-order chi connectivity index (χ0) is 21.5. The molecule has 0 aliphatic rings. The number of ether oxygens (including phenoxy) is 2. The van der Waals surface area contributed by atoms with Crippen molar-refractivity contribution in [3.05, 3.63) is 52.5 Å². The second-order valence-electron chi connectivity index (χ2n) is 6.07. The van der Waals surface area contributed by atoms with Crippen molar-refractivity contribution in [3.63, 3.8) is 0 Å². The van der Waals surface area contributed by atoms with Crippen LogP contribution in [0.2, 0.25) is 0 Å². The van der Waals surface area contributed by atoms with Gasteiger partial charge >= 0.3 is 0 Å². The van der Waals surface area contributed by atoms with Gasteiger partial charge in [0.1, 0.15) is 0 Å². The van der Waals surface area contributed by atoms with Gasteiger partial charge in [-0.1, -0.05) is 39.8 Å². The average molecular weight is 490 g/mol. The first-order valence-electron chi connectivity index (χ1n) is 8.84. The molecule has 1 aromatic heterocycles. The zero-order valence-electron chi connectivity index (χ0n) is 16.6. The minimum absolute atomic E-state index is 0.162. The summed E-state index contributed by atoms with van der Waals surface area (Å²) in [5, 5.41) is 13.0. The molecule has 0 aliphatic carbocycles. The molecule has 156 valence electrons. The van der Waals surface area contributed by atoms with Crippen LogP contribution in [0, 0.1) is 0 Å². The van der Waals surface area contributed by atoms with E-state index in [0.29, 0.717) is 16.7 Å². The first-order valence-corrected chi connectivity index (χ1v) is 10.6. The molecule has 0 spiro atoms. The van der Waals surface area contributed by atoms with E-state index >= 15 is 0 Å². The van der Waals surface area contributed by atoms with Crippen LogP contribution in [0.25, 0.3) is 11.4 Å². The van der Waals surface area contributed by atoms with E-state index in [1.165, 1.54) is 11.8 Å². The van der Waals surface area contributed by atoms with Crippen LogP contribution in [0.5, 0.6) is 11.5 Å². The molecule has 0 aliphatic heterocycles. The van der Waals surface area contributed by atoms with E-state index in [1.807, 2.05) is 41.9 Å². The van der Waals surface area contributed by atoms with Gasteiger partial charge < -0.3 is 14.0 Å². The first-order chi connectivity index (χ1) is 14.5. The lowest BCUT2D eigenvalue weighted by molar-refractivity contribution is -0.118. The summed E-state index contributed by atoms with van der Waals surface area (Å²) in [6.07, 6.45) is 1.54. The number of hydrogen-bond donors (Lipinski definition) is 1. The Kier molecular flexibility index (Phi) is 7.47. The molecule has 10 heteroatoms. The quantitative estimate of drug-likeness (QED) is 0.295. The molecular weight excluding hydrogens is 470 g/mol. The minimum Gasteiger partial charge on any atom is -0.493 e. The third-order valence-corrected chi connectivity index (χ3v) is 5.63. The van der Waals surface area contributed by atoms with Crippen LogP contribution in [0.15, 0.2) is 57.2 Å². The van der Waals surface area contributed by atoms with Gasteiger partial charge in [0.05, 0.1) is 26.2 Å². The Morgan fingerprint density at radius 3 is 2.60 bits per heavy atom. The number of rotatable bonds is 8. The second kappa shape index (κ2) is 10.3. The third kappa shape index (κ3) is 5.39. The molecule has 3 aromatic rings. The molecule has 0 radical (unpaired) electrons. The summed E-state index contributed by atoms with van der Waals surface area (Å²) >= 11 is 4.71. The van der Waals surface area contributed by atoms with Crippen molar-refractivity contribution in [2.45, 2.75) is 5.16 Å². The van der Waals surface area contributed by atoms with Gasteiger partial charge in [-0.05, 0) is 35.9 Å². The average Bonchev–Trinajstić information content (AvgIpc) is 3.13. The molecule has 3 rings (SSSR count). The summed E-state index contributed by atoms with van der Waals surface area (Å²) in [5.41, 5.74) is 4.23. The number of hydrazone groups is 1. The van der Waals surface area contributed by atoms with Crippen LogP contribution in [0.1, 0.15) is 5.56 Å². The predicted octanol–water partition coefficient (Wildman–Crippen LogP) is 3.50. The summed E-state index contributed by atoms with van der Waals surface area (Å²) in [4.78, 5) is 12.1. The Morgan fingerprint density at radius 2 is 1.90 bits per heavy atom. The minimum atomic E-state index is -0.245. The third-order valence-electron chi connectivity index (χ3n) is 4.08. The van der Waals surface area contributed by atoms with E-state index in [-0.39, 0.29) is 11.7 Å². The summed E-state index contributed by atoms with van der Waals surface area (Å²) in [7, 11) is 5.00. The van der Waals surface area contributed by atoms with E-state index in [1.54, 1.807) is 32.6 Å². The first kappa shape index (κ1) is 21.8. The van der Waals surface area contributed by atoms with Gasteiger partial charge in [-0.2, -0.15) is 5.10 Å². The van der Waals surface area contributed by atoms with Gasteiger partial charge in [0.2, 0.25) is 0 Å². The van der Waals surface area contributed by atoms with Gasteiger partial charge in [0, 0.05) is 17.1 Å². The van der Waals surface area contributed by atoms with Crippen LogP contribution in [-0.2, 0) is 11.8 Å². The molecule has 0 bridgehead atoms. The molecule has 30 heavy (non-hydrogen) atoms.